The Labute approximate surface area is 98.6 Å². The number of carbonyl (C=O) groups is 1. The van der Waals surface area contributed by atoms with Crippen LogP contribution in [0.4, 0.5) is 0 Å². The minimum absolute atomic E-state index is 0.149. The number of methoxy groups -OCH3 is 2. The van der Waals surface area contributed by atoms with E-state index in [1.807, 2.05) is 11.4 Å². The smallest absolute Gasteiger partial charge is 0.348 e. The van der Waals surface area contributed by atoms with E-state index in [4.69, 9.17) is 9.47 Å². The zero-order valence-corrected chi connectivity index (χ0v) is 10.2. The van der Waals surface area contributed by atoms with Gasteiger partial charge in [0.25, 0.3) is 0 Å². The summed E-state index contributed by atoms with van der Waals surface area (Å²) in [7, 11) is 3.12. The van der Waals surface area contributed by atoms with Crippen molar-refractivity contribution in [2.45, 2.75) is 12.0 Å². The lowest BCUT2D eigenvalue weighted by atomic mass is 9.89. The Bertz CT molecular complexity index is 379. The highest BCUT2D eigenvalue weighted by atomic mass is 32.1. The lowest BCUT2D eigenvalue weighted by molar-refractivity contribution is -0.0502. The molecule has 0 amide bonds. The molecule has 0 aromatic carbocycles. The van der Waals surface area contributed by atoms with E-state index in [1.165, 1.54) is 18.4 Å². The van der Waals surface area contributed by atoms with E-state index in [1.54, 1.807) is 7.11 Å². The van der Waals surface area contributed by atoms with Crippen LogP contribution in [0, 0.1) is 0 Å². The highest BCUT2D eigenvalue weighted by molar-refractivity contribution is 7.12. The SMILES string of the molecule is COC(=O)c1sccc1CC1(OC)CNC1. The maximum atomic E-state index is 11.5. The van der Waals surface area contributed by atoms with E-state index >= 15 is 0 Å². The third-order valence-corrected chi connectivity index (χ3v) is 3.89. The summed E-state index contributed by atoms with van der Waals surface area (Å²) in [5.74, 6) is -0.261. The number of esters is 1. The number of nitrogens with one attached hydrogen (secondary N) is 1. The van der Waals surface area contributed by atoms with Gasteiger partial charge in [0, 0.05) is 26.6 Å². The molecular weight excluding hydrogens is 226 g/mol. The second-order valence-corrected chi connectivity index (χ2v) is 4.85. The van der Waals surface area contributed by atoms with Crippen molar-refractivity contribution in [2.24, 2.45) is 0 Å². The first-order valence-corrected chi connectivity index (χ1v) is 5.99. The summed E-state index contributed by atoms with van der Waals surface area (Å²) in [6.07, 6.45) is 0.754. The zero-order valence-electron chi connectivity index (χ0n) is 9.41. The van der Waals surface area contributed by atoms with Crippen LogP contribution in [-0.4, -0.2) is 38.9 Å². The first-order valence-electron chi connectivity index (χ1n) is 5.11. The van der Waals surface area contributed by atoms with Gasteiger partial charge in [-0.1, -0.05) is 0 Å². The Morgan fingerprint density at radius 3 is 2.81 bits per heavy atom. The van der Waals surface area contributed by atoms with E-state index in [0.717, 1.165) is 25.1 Å². The highest BCUT2D eigenvalue weighted by Crippen LogP contribution is 2.27. The summed E-state index contributed by atoms with van der Waals surface area (Å²) in [4.78, 5) is 12.2. The van der Waals surface area contributed by atoms with Crippen molar-refractivity contribution in [1.82, 2.24) is 5.32 Å². The molecule has 2 rings (SSSR count). The van der Waals surface area contributed by atoms with Gasteiger partial charge in [0.15, 0.2) is 0 Å². The summed E-state index contributed by atoms with van der Waals surface area (Å²) in [5.41, 5.74) is 0.865. The van der Waals surface area contributed by atoms with Gasteiger partial charge >= 0.3 is 5.97 Å². The molecule has 0 radical (unpaired) electrons. The molecule has 2 heterocycles. The monoisotopic (exact) mass is 241 g/mol. The minimum Gasteiger partial charge on any atom is -0.465 e. The predicted molar refractivity (Wildman–Crippen MR) is 62.0 cm³/mol. The van der Waals surface area contributed by atoms with Crippen molar-refractivity contribution in [1.29, 1.82) is 0 Å². The third-order valence-electron chi connectivity index (χ3n) is 2.96. The van der Waals surface area contributed by atoms with E-state index in [-0.39, 0.29) is 11.6 Å². The van der Waals surface area contributed by atoms with Gasteiger partial charge < -0.3 is 14.8 Å². The maximum absolute atomic E-state index is 11.5. The molecule has 0 unspecified atom stereocenters. The average Bonchev–Trinajstić information content (AvgIpc) is 2.70. The second kappa shape index (κ2) is 4.53. The largest absolute Gasteiger partial charge is 0.465 e. The van der Waals surface area contributed by atoms with Gasteiger partial charge in [-0.3, -0.25) is 0 Å². The first kappa shape index (κ1) is 11.6. The molecule has 1 aliphatic heterocycles. The number of hydrogen-bond acceptors (Lipinski definition) is 5. The van der Waals surface area contributed by atoms with Crippen LogP contribution in [0.1, 0.15) is 15.2 Å². The molecular formula is C11H15NO3S. The average molecular weight is 241 g/mol. The van der Waals surface area contributed by atoms with Gasteiger partial charge in [0.05, 0.1) is 12.7 Å². The number of hydrogen-bond donors (Lipinski definition) is 1. The topological polar surface area (TPSA) is 47.6 Å². The zero-order chi connectivity index (χ0) is 11.6. The quantitative estimate of drug-likeness (QED) is 0.801. The number of ether oxygens (including phenoxy) is 2. The highest BCUT2D eigenvalue weighted by Gasteiger charge is 2.38. The molecule has 0 spiro atoms. The molecule has 0 atom stereocenters. The van der Waals surface area contributed by atoms with Gasteiger partial charge in [-0.2, -0.15) is 0 Å². The second-order valence-electron chi connectivity index (χ2n) is 3.93. The van der Waals surface area contributed by atoms with Crippen molar-refractivity contribution in [2.75, 3.05) is 27.3 Å². The van der Waals surface area contributed by atoms with E-state index in [2.05, 4.69) is 5.32 Å². The molecule has 5 heteroatoms. The Morgan fingerprint density at radius 2 is 2.31 bits per heavy atom. The fraction of sp³-hybridized carbons (Fsp3) is 0.545. The molecule has 1 fully saturated rings. The summed E-state index contributed by atoms with van der Waals surface area (Å²) >= 11 is 1.42. The van der Waals surface area contributed by atoms with Gasteiger partial charge in [-0.25, -0.2) is 4.79 Å². The third kappa shape index (κ3) is 1.98. The Morgan fingerprint density at radius 1 is 1.56 bits per heavy atom. The van der Waals surface area contributed by atoms with Crippen molar-refractivity contribution in [3.05, 3.63) is 21.9 Å². The lowest BCUT2D eigenvalue weighted by Gasteiger charge is -2.41. The van der Waals surface area contributed by atoms with Crippen molar-refractivity contribution >= 4 is 17.3 Å². The van der Waals surface area contributed by atoms with Crippen LogP contribution in [0.5, 0.6) is 0 Å². The minimum atomic E-state index is -0.261. The molecule has 1 aromatic rings. The number of rotatable bonds is 4. The van der Waals surface area contributed by atoms with Crippen molar-refractivity contribution < 1.29 is 14.3 Å². The molecule has 1 aliphatic rings. The normalized spacial score (nSPS) is 17.9. The first-order chi connectivity index (χ1) is 7.71. The number of thiophene rings is 1. The molecule has 88 valence electrons. The maximum Gasteiger partial charge on any atom is 0.348 e. The standard InChI is InChI=1S/C11H15NO3S/c1-14-10(13)9-8(3-4-16-9)5-11(15-2)6-12-7-11/h3-4,12H,5-7H2,1-2H3. The molecule has 1 saturated heterocycles. The van der Waals surface area contributed by atoms with Gasteiger partial charge in [0.1, 0.15) is 4.88 Å². The summed E-state index contributed by atoms with van der Waals surface area (Å²) in [6, 6.07) is 1.97. The summed E-state index contributed by atoms with van der Waals surface area (Å²) < 4.78 is 10.3. The van der Waals surface area contributed by atoms with Gasteiger partial charge in [-0.05, 0) is 17.0 Å². The fourth-order valence-corrected chi connectivity index (χ4v) is 2.68. The summed E-state index contributed by atoms with van der Waals surface area (Å²) in [6.45, 7) is 1.67. The molecule has 0 saturated carbocycles. The molecule has 1 N–H and O–H groups in total. The van der Waals surface area contributed by atoms with Crippen LogP contribution in [0.25, 0.3) is 0 Å². The predicted octanol–water partition coefficient (Wildman–Crippen LogP) is 1.07. The summed E-state index contributed by atoms with van der Waals surface area (Å²) in [5, 5.41) is 5.10. The van der Waals surface area contributed by atoms with E-state index in [0.29, 0.717) is 4.88 Å². The number of carbonyl (C=O) groups excluding carboxylic acids is 1. The molecule has 1 aromatic heterocycles. The molecule has 16 heavy (non-hydrogen) atoms. The van der Waals surface area contributed by atoms with Crippen LogP contribution in [-0.2, 0) is 15.9 Å². The fourth-order valence-electron chi connectivity index (χ4n) is 1.84. The molecule has 0 bridgehead atoms. The van der Waals surface area contributed by atoms with Crippen LogP contribution < -0.4 is 5.32 Å². The van der Waals surface area contributed by atoms with Crippen LogP contribution in [0.15, 0.2) is 11.4 Å². The Kier molecular flexibility index (Phi) is 3.28. The molecule has 4 nitrogen and oxygen atoms in total. The van der Waals surface area contributed by atoms with Crippen molar-refractivity contribution in [3.8, 4) is 0 Å². The lowest BCUT2D eigenvalue weighted by Crippen LogP contribution is -2.61. The van der Waals surface area contributed by atoms with E-state index in [9.17, 15) is 4.79 Å². The molecule has 0 aliphatic carbocycles. The van der Waals surface area contributed by atoms with Gasteiger partial charge in [-0.15, -0.1) is 11.3 Å². The van der Waals surface area contributed by atoms with Crippen LogP contribution in [0.2, 0.25) is 0 Å². The Hall–Kier alpha value is -0.910. The van der Waals surface area contributed by atoms with Crippen LogP contribution in [0.3, 0.4) is 0 Å². The Balaban J connectivity index is 2.15. The van der Waals surface area contributed by atoms with Crippen LogP contribution >= 0.6 is 11.3 Å². The van der Waals surface area contributed by atoms with Gasteiger partial charge in [0.2, 0.25) is 0 Å². The van der Waals surface area contributed by atoms with E-state index < -0.39 is 0 Å². The van der Waals surface area contributed by atoms with Crippen molar-refractivity contribution in [3.63, 3.8) is 0 Å².